The molecule has 1 atom stereocenters. The van der Waals surface area contributed by atoms with E-state index >= 15 is 0 Å². The molecular formula is C34H36N4O7S. The van der Waals surface area contributed by atoms with Gasteiger partial charge in [-0.15, -0.1) is 0 Å². The van der Waals surface area contributed by atoms with Crippen LogP contribution in [0.2, 0.25) is 0 Å². The molecule has 0 saturated carbocycles. The molecule has 11 nitrogen and oxygen atoms in total. The molecule has 12 heteroatoms. The van der Waals surface area contributed by atoms with Crippen LogP contribution in [0.15, 0.2) is 114 Å². The molecule has 0 heterocycles. The zero-order valence-corrected chi connectivity index (χ0v) is 26.6. The Morgan fingerprint density at radius 1 is 0.870 bits per heavy atom. The molecule has 0 aliphatic rings. The minimum Gasteiger partial charge on any atom is -0.497 e. The number of non-ortho nitro benzene ring substituents is 1. The van der Waals surface area contributed by atoms with E-state index in [1.54, 1.807) is 42.5 Å². The summed E-state index contributed by atoms with van der Waals surface area (Å²) in [5, 5.41) is 14.2. The first-order chi connectivity index (χ1) is 22.0. The highest BCUT2D eigenvalue weighted by Gasteiger charge is 2.35. The normalized spacial score (nSPS) is 11.8. The van der Waals surface area contributed by atoms with E-state index in [2.05, 4.69) is 5.32 Å². The number of carbonyl (C=O) groups excluding carboxylic acids is 2. The summed E-state index contributed by atoms with van der Waals surface area (Å²) in [5.41, 5.74) is 1.28. The number of methoxy groups -OCH3 is 1. The summed E-state index contributed by atoms with van der Waals surface area (Å²) in [6.45, 7) is 2.92. The summed E-state index contributed by atoms with van der Waals surface area (Å²) in [6, 6.07) is 27.6. The first-order valence-electron chi connectivity index (χ1n) is 14.6. The largest absolute Gasteiger partial charge is 0.497 e. The second-order valence-electron chi connectivity index (χ2n) is 10.8. The molecule has 0 radical (unpaired) electrons. The lowest BCUT2D eigenvalue weighted by Crippen LogP contribution is -2.54. The van der Waals surface area contributed by atoms with E-state index in [1.807, 2.05) is 44.2 Å². The second-order valence-corrected chi connectivity index (χ2v) is 12.7. The minimum atomic E-state index is -4.33. The molecule has 0 spiro atoms. The van der Waals surface area contributed by atoms with Crippen molar-refractivity contribution in [2.45, 2.75) is 43.8 Å². The number of nitrogens with zero attached hydrogens (tertiary/aromatic N) is 3. The van der Waals surface area contributed by atoms with Gasteiger partial charge in [-0.05, 0) is 61.4 Å². The molecule has 1 N–H and O–H groups in total. The van der Waals surface area contributed by atoms with Crippen LogP contribution in [-0.4, -0.2) is 55.8 Å². The zero-order chi connectivity index (χ0) is 33.3. The van der Waals surface area contributed by atoms with Crippen LogP contribution < -0.4 is 14.4 Å². The lowest BCUT2D eigenvalue weighted by Gasteiger charge is -2.34. The summed E-state index contributed by atoms with van der Waals surface area (Å²) in [4.78, 5) is 40.3. The smallest absolute Gasteiger partial charge is 0.269 e. The number of hydrogen-bond acceptors (Lipinski definition) is 7. The molecule has 0 aliphatic heterocycles. The molecule has 0 bridgehead atoms. The van der Waals surface area contributed by atoms with Gasteiger partial charge in [0.25, 0.3) is 15.7 Å². The number of amides is 2. The van der Waals surface area contributed by atoms with Crippen molar-refractivity contribution in [3.05, 3.63) is 130 Å². The Balaban J connectivity index is 1.82. The van der Waals surface area contributed by atoms with E-state index in [1.165, 1.54) is 48.4 Å². The Kier molecular flexibility index (Phi) is 11.1. The highest BCUT2D eigenvalue weighted by Crippen LogP contribution is 2.27. The van der Waals surface area contributed by atoms with Gasteiger partial charge in [0.1, 0.15) is 18.3 Å². The average molecular weight is 645 g/mol. The molecule has 240 valence electrons. The first kappa shape index (κ1) is 33.7. The predicted molar refractivity (Wildman–Crippen MR) is 175 cm³/mol. The fraction of sp³-hybridized carbons (Fsp3) is 0.235. The molecule has 0 aromatic heterocycles. The summed E-state index contributed by atoms with van der Waals surface area (Å²) in [6.07, 6.45) is 0.165. The SMILES string of the molecule is COc1cccc(CN(C(=O)CN(c2ccc([N+](=O)[O-])cc2)S(=O)(=O)c2ccccc2)[C@H](Cc2ccccc2)C(=O)NC(C)C)c1. The van der Waals surface area contributed by atoms with E-state index < -0.39 is 39.3 Å². The number of nitro benzene ring substituents is 1. The van der Waals surface area contributed by atoms with Crippen molar-refractivity contribution in [2.75, 3.05) is 18.0 Å². The molecule has 0 fully saturated rings. The number of benzene rings is 4. The maximum Gasteiger partial charge on any atom is 0.269 e. The number of anilines is 1. The zero-order valence-electron chi connectivity index (χ0n) is 25.8. The van der Waals surface area contributed by atoms with Crippen molar-refractivity contribution in [1.29, 1.82) is 0 Å². The quantitative estimate of drug-likeness (QED) is 0.151. The Labute approximate surface area is 268 Å². The van der Waals surface area contributed by atoms with Crippen LogP contribution in [0.4, 0.5) is 11.4 Å². The Morgan fingerprint density at radius 3 is 2.07 bits per heavy atom. The van der Waals surface area contributed by atoms with E-state index in [0.29, 0.717) is 11.3 Å². The van der Waals surface area contributed by atoms with Crippen LogP contribution in [0.5, 0.6) is 5.75 Å². The number of sulfonamides is 1. The number of nitrogens with one attached hydrogen (secondary N) is 1. The van der Waals surface area contributed by atoms with E-state index in [-0.39, 0.29) is 35.3 Å². The van der Waals surface area contributed by atoms with Gasteiger partial charge in [-0.1, -0.05) is 60.7 Å². The van der Waals surface area contributed by atoms with E-state index in [4.69, 9.17) is 4.74 Å². The van der Waals surface area contributed by atoms with Crippen LogP contribution in [-0.2, 0) is 32.6 Å². The molecule has 0 unspecified atom stereocenters. The molecular weight excluding hydrogens is 608 g/mol. The fourth-order valence-electron chi connectivity index (χ4n) is 4.89. The number of rotatable bonds is 14. The maximum absolute atomic E-state index is 14.5. The summed E-state index contributed by atoms with van der Waals surface area (Å²) in [5.74, 6) is -0.501. The standard InChI is InChI=1S/C34H36N4O7S/c1-25(2)35-34(40)32(22-26-11-6-4-7-12-26)36(23-27-13-10-14-30(21-27)45-3)33(39)24-37(28-17-19-29(20-18-28)38(41)42)46(43,44)31-15-8-5-9-16-31/h4-21,25,32H,22-24H2,1-3H3,(H,35,40)/t32-/m1/s1. The van der Waals surface area contributed by atoms with Gasteiger partial charge in [0.05, 0.1) is 22.6 Å². The van der Waals surface area contributed by atoms with Gasteiger partial charge < -0.3 is 15.0 Å². The number of nitro groups is 1. The van der Waals surface area contributed by atoms with Gasteiger partial charge in [0.2, 0.25) is 11.8 Å². The van der Waals surface area contributed by atoms with Gasteiger partial charge in [-0.3, -0.25) is 24.0 Å². The number of hydrogen-bond donors (Lipinski definition) is 1. The van der Waals surface area contributed by atoms with Crippen molar-refractivity contribution < 1.29 is 27.7 Å². The molecule has 4 aromatic carbocycles. The molecule has 0 aliphatic carbocycles. The summed E-state index contributed by atoms with van der Waals surface area (Å²) >= 11 is 0. The lowest BCUT2D eigenvalue weighted by molar-refractivity contribution is -0.384. The predicted octanol–water partition coefficient (Wildman–Crippen LogP) is 4.96. The van der Waals surface area contributed by atoms with Crippen LogP contribution >= 0.6 is 0 Å². The van der Waals surface area contributed by atoms with Gasteiger partial charge in [-0.25, -0.2) is 8.42 Å². The molecule has 2 amide bonds. The molecule has 4 aromatic rings. The van der Waals surface area contributed by atoms with Gasteiger partial charge in [-0.2, -0.15) is 0 Å². The molecule has 4 rings (SSSR count). The van der Waals surface area contributed by atoms with Gasteiger partial charge in [0.15, 0.2) is 0 Å². The lowest BCUT2D eigenvalue weighted by atomic mass is 10.0. The number of ether oxygens (including phenoxy) is 1. The summed E-state index contributed by atoms with van der Waals surface area (Å²) < 4.78 is 34.3. The molecule has 0 saturated heterocycles. The van der Waals surface area contributed by atoms with Crippen LogP contribution in [0.1, 0.15) is 25.0 Å². The van der Waals surface area contributed by atoms with Gasteiger partial charge >= 0.3 is 0 Å². The number of carbonyl (C=O) groups is 2. The second kappa shape index (κ2) is 15.2. The Hall–Kier alpha value is -5.23. The van der Waals surface area contributed by atoms with E-state index in [0.717, 1.165) is 9.87 Å². The highest BCUT2D eigenvalue weighted by atomic mass is 32.2. The van der Waals surface area contributed by atoms with Crippen LogP contribution in [0.25, 0.3) is 0 Å². The third-order valence-corrected chi connectivity index (χ3v) is 8.94. The van der Waals surface area contributed by atoms with Crippen molar-refractivity contribution in [1.82, 2.24) is 10.2 Å². The topological polar surface area (TPSA) is 139 Å². The fourth-order valence-corrected chi connectivity index (χ4v) is 6.33. The maximum atomic E-state index is 14.5. The van der Waals surface area contributed by atoms with Crippen LogP contribution in [0, 0.1) is 10.1 Å². The highest BCUT2D eigenvalue weighted by molar-refractivity contribution is 7.92. The van der Waals surface area contributed by atoms with Gasteiger partial charge in [0, 0.05) is 31.1 Å². The minimum absolute atomic E-state index is 0.0292. The van der Waals surface area contributed by atoms with E-state index in [9.17, 15) is 28.1 Å². The Bertz CT molecular complexity index is 1750. The third kappa shape index (κ3) is 8.48. The van der Waals surface area contributed by atoms with Crippen molar-refractivity contribution >= 4 is 33.2 Å². The first-order valence-corrected chi connectivity index (χ1v) is 16.0. The third-order valence-electron chi connectivity index (χ3n) is 7.15. The van der Waals surface area contributed by atoms with Crippen molar-refractivity contribution in [2.24, 2.45) is 0 Å². The summed E-state index contributed by atoms with van der Waals surface area (Å²) in [7, 11) is -2.81. The molecule has 46 heavy (non-hydrogen) atoms. The van der Waals surface area contributed by atoms with Crippen molar-refractivity contribution in [3.8, 4) is 5.75 Å². The average Bonchev–Trinajstić information content (AvgIpc) is 3.05. The van der Waals surface area contributed by atoms with Crippen LogP contribution in [0.3, 0.4) is 0 Å². The van der Waals surface area contributed by atoms with Crippen molar-refractivity contribution in [3.63, 3.8) is 0 Å². The Morgan fingerprint density at radius 2 is 1.48 bits per heavy atom. The monoisotopic (exact) mass is 644 g/mol.